The molecule has 1 saturated heterocycles. The van der Waals surface area contributed by atoms with Crippen molar-refractivity contribution in [2.45, 2.75) is 37.1 Å². The third kappa shape index (κ3) is 4.36. The molecule has 0 radical (unpaired) electrons. The van der Waals surface area contributed by atoms with Crippen molar-refractivity contribution in [3.05, 3.63) is 41.4 Å². The van der Waals surface area contributed by atoms with E-state index in [1.807, 2.05) is 23.6 Å². The van der Waals surface area contributed by atoms with Gasteiger partial charge in [0.1, 0.15) is 0 Å². The summed E-state index contributed by atoms with van der Waals surface area (Å²) in [5, 5.41) is 15.2. The molecule has 7 nitrogen and oxygen atoms in total. The Labute approximate surface area is 172 Å². The Morgan fingerprint density at radius 3 is 2.71 bits per heavy atom. The Balaban J connectivity index is 1.57. The number of hydrogen-bond donors (Lipinski definition) is 1. The minimum atomic E-state index is -0.108. The maximum absolute atomic E-state index is 11.2. The van der Waals surface area contributed by atoms with Crippen LogP contribution in [-0.2, 0) is 10.5 Å². The van der Waals surface area contributed by atoms with Crippen LogP contribution in [0.4, 0.5) is 11.1 Å². The van der Waals surface area contributed by atoms with Gasteiger partial charge in [-0.2, -0.15) is 0 Å². The molecule has 3 aromatic rings. The smallest absolute Gasteiger partial charge is 0.232 e. The molecule has 1 fully saturated rings. The first-order valence-corrected chi connectivity index (χ1v) is 11.2. The summed E-state index contributed by atoms with van der Waals surface area (Å²) in [5.74, 6) is 1.47. The largest absolute Gasteiger partial charge is 0.341 e. The monoisotopic (exact) mass is 414 g/mol. The fraction of sp³-hybridized carbons (Fsp3) is 0.368. The van der Waals surface area contributed by atoms with Crippen molar-refractivity contribution in [3.8, 4) is 5.69 Å². The molecule has 28 heavy (non-hydrogen) atoms. The Hall–Kier alpha value is -2.39. The van der Waals surface area contributed by atoms with Gasteiger partial charge in [0.2, 0.25) is 11.9 Å². The summed E-state index contributed by atoms with van der Waals surface area (Å²) >= 11 is 3.04. The fourth-order valence-electron chi connectivity index (χ4n) is 3.18. The van der Waals surface area contributed by atoms with Crippen LogP contribution in [0.5, 0.6) is 0 Å². The van der Waals surface area contributed by atoms with Gasteiger partial charge in [-0.05, 0) is 31.4 Å². The average molecular weight is 415 g/mol. The van der Waals surface area contributed by atoms with Crippen molar-refractivity contribution in [2.75, 3.05) is 23.3 Å². The van der Waals surface area contributed by atoms with Crippen LogP contribution < -0.4 is 10.2 Å². The second-order valence-electron chi connectivity index (χ2n) is 6.62. The molecule has 1 aliphatic heterocycles. The topological polar surface area (TPSA) is 75.9 Å². The molecular weight excluding hydrogens is 392 g/mol. The molecule has 0 aliphatic carbocycles. The van der Waals surface area contributed by atoms with Crippen molar-refractivity contribution < 1.29 is 4.79 Å². The molecule has 1 N–H and O–H groups in total. The minimum Gasteiger partial charge on any atom is -0.341 e. The normalized spacial score (nSPS) is 14.2. The van der Waals surface area contributed by atoms with Gasteiger partial charge in [0, 0.05) is 31.1 Å². The summed E-state index contributed by atoms with van der Waals surface area (Å²) in [6, 6.07) is 10.2. The first kappa shape index (κ1) is 18.9. The molecule has 0 bridgehead atoms. The second kappa shape index (κ2) is 8.74. The number of carbonyl (C=O) groups is 1. The van der Waals surface area contributed by atoms with Gasteiger partial charge in [-0.3, -0.25) is 9.36 Å². The zero-order valence-electron chi connectivity index (χ0n) is 15.7. The first-order chi connectivity index (χ1) is 13.7. The maximum atomic E-state index is 11.2. The molecule has 1 aromatic carbocycles. The number of anilines is 2. The van der Waals surface area contributed by atoms with Gasteiger partial charge < -0.3 is 10.2 Å². The number of nitrogens with zero attached hydrogens (tertiary/aromatic N) is 5. The van der Waals surface area contributed by atoms with E-state index in [9.17, 15) is 4.79 Å². The van der Waals surface area contributed by atoms with Gasteiger partial charge in [-0.1, -0.05) is 30.0 Å². The number of hydrogen-bond acceptors (Lipinski definition) is 7. The SMILES string of the molecule is CC(=O)Nc1nc(CSc2nnc(N3CCCCC3)n2-c2ccccc2)cs1. The molecular formula is C19H22N6OS2. The summed E-state index contributed by atoms with van der Waals surface area (Å²) in [6.07, 6.45) is 3.65. The summed E-state index contributed by atoms with van der Waals surface area (Å²) < 4.78 is 2.14. The van der Waals surface area contributed by atoms with Gasteiger partial charge in [0.15, 0.2) is 10.3 Å². The molecule has 1 amide bonds. The Bertz CT molecular complexity index is 933. The average Bonchev–Trinajstić information content (AvgIpc) is 3.34. The van der Waals surface area contributed by atoms with Gasteiger partial charge in [-0.15, -0.1) is 21.5 Å². The molecule has 0 atom stereocenters. The molecule has 146 valence electrons. The zero-order chi connectivity index (χ0) is 19.3. The molecule has 0 saturated carbocycles. The standard InChI is InChI=1S/C19H22N6OS2/c1-14(26)20-17-21-15(12-27-17)13-28-19-23-22-18(24-10-6-3-7-11-24)25(19)16-8-4-2-5-9-16/h2,4-5,8-9,12H,3,6-7,10-11,13H2,1H3,(H,20,21,26). The summed E-state index contributed by atoms with van der Waals surface area (Å²) in [5.41, 5.74) is 1.98. The first-order valence-electron chi connectivity index (χ1n) is 9.31. The van der Waals surface area contributed by atoms with Gasteiger partial charge >= 0.3 is 0 Å². The van der Waals surface area contributed by atoms with Crippen molar-refractivity contribution in [1.29, 1.82) is 0 Å². The lowest BCUT2D eigenvalue weighted by atomic mass is 10.1. The molecule has 4 rings (SSSR count). The van der Waals surface area contributed by atoms with E-state index in [1.165, 1.54) is 37.5 Å². The van der Waals surface area contributed by atoms with Crippen LogP contribution >= 0.6 is 23.1 Å². The van der Waals surface area contributed by atoms with Crippen LogP contribution in [0.3, 0.4) is 0 Å². The van der Waals surface area contributed by atoms with E-state index in [2.05, 4.69) is 42.1 Å². The maximum Gasteiger partial charge on any atom is 0.232 e. The summed E-state index contributed by atoms with van der Waals surface area (Å²) in [4.78, 5) is 18.0. The molecule has 1 aliphatic rings. The highest BCUT2D eigenvalue weighted by Crippen LogP contribution is 2.30. The van der Waals surface area contributed by atoms with E-state index in [0.717, 1.165) is 35.6 Å². The number of thiazole rings is 1. The van der Waals surface area contributed by atoms with E-state index in [1.54, 1.807) is 11.8 Å². The van der Waals surface area contributed by atoms with E-state index in [0.29, 0.717) is 10.9 Å². The van der Waals surface area contributed by atoms with Gasteiger partial charge in [0.25, 0.3) is 0 Å². The number of thioether (sulfide) groups is 1. The number of amides is 1. The molecule has 3 heterocycles. The molecule has 0 spiro atoms. The Morgan fingerprint density at radius 1 is 1.18 bits per heavy atom. The number of para-hydroxylation sites is 1. The third-order valence-electron chi connectivity index (χ3n) is 4.45. The van der Waals surface area contributed by atoms with Gasteiger partial charge in [-0.25, -0.2) is 4.98 Å². The van der Waals surface area contributed by atoms with Crippen LogP contribution in [0.25, 0.3) is 5.69 Å². The Kier molecular flexibility index (Phi) is 5.92. The molecule has 0 unspecified atom stereocenters. The predicted molar refractivity (Wildman–Crippen MR) is 113 cm³/mol. The van der Waals surface area contributed by atoms with Crippen LogP contribution in [0.15, 0.2) is 40.9 Å². The number of aromatic nitrogens is 4. The number of nitrogens with one attached hydrogen (secondary N) is 1. The number of carbonyl (C=O) groups excluding carboxylic acids is 1. The van der Waals surface area contributed by atoms with Gasteiger partial charge in [0.05, 0.1) is 11.4 Å². The lowest BCUT2D eigenvalue weighted by molar-refractivity contribution is -0.114. The third-order valence-corrected chi connectivity index (χ3v) is 6.22. The van der Waals surface area contributed by atoms with Crippen LogP contribution in [0.2, 0.25) is 0 Å². The second-order valence-corrected chi connectivity index (χ2v) is 8.42. The Morgan fingerprint density at radius 2 is 1.96 bits per heavy atom. The van der Waals surface area contributed by atoms with Crippen molar-refractivity contribution in [3.63, 3.8) is 0 Å². The predicted octanol–water partition coefficient (Wildman–Crippen LogP) is 3.96. The highest BCUT2D eigenvalue weighted by atomic mass is 32.2. The van der Waals surface area contributed by atoms with Crippen molar-refractivity contribution in [2.24, 2.45) is 0 Å². The number of piperidine rings is 1. The highest BCUT2D eigenvalue weighted by molar-refractivity contribution is 7.98. The summed E-state index contributed by atoms with van der Waals surface area (Å²) in [6.45, 7) is 3.52. The lowest BCUT2D eigenvalue weighted by Crippen LogP contribution is -2.31. The minimum absolute atomic E-state index is 0.108. The number of benzene rings is 1. The molecule has 2 aromatic heterocycles. The van der Waals surface area contributed by atoms with E-state index in [-0.39, 0.29) is 5.91 Å². The van der Waals surface area contributed by atoms with Crippen molar-refractivity contribution in [1.82, 2.24) is 19.7 Å². The van der Waals surface area contributed by atoms with E-state index < -0.39 is 0 Å². The quantitative estimate of drug-likeness (QED) is 0.615. The lowest BCUT2D eigenvalue weighted by Gasteiger charge is -2.27. The van der Waals surface area contributed by atoms with Crippen LogP contribution in [0.1, 0.15) is 31.9 Å². The van der Waals surface area contributed by atoms with E-state index >= 15 is 0 Å². The van der Waals surface area contributed by atoms with Crippen LogP contribution in [0, 0.1) is 0 Å². The highest BCUT2D eigenvalue weighted by Gasteiger charge is 2.21. The van der Waals surface area contributed by atoms with Crippen LogP contribution in [-0.4, -0.2) is 38.7 Å². The summed E-state index contributed by atoms with van der Waals surface area (Å²) in [7, 11) is 0. The molecule has 9 heteroatoms. The van der Waals surface area contributed by atoms with Crippen molar-refractivity contribution >= 4 is 40.1 Å². The zero-order valence-corrected chi connectivity index (χ0v) is 17.3. The number of rotatable bonds is 6. The van der Waals surface area contributed by atoms with E-state index in [4.69, 9.17) is 0 Å². The fourth-order valence-corrected chi connectivity index (χ4v) is 4.88.